The molecule has 1 aromatic rings. The van der Waals surface area contributed by atoms with Crippen molar-refractivity contribution >= 4 is 34.8 Å². The van der Waals surface area contributed by atoms with Crippen molar-refractivity contribution < 1.29 is 9.59 Å². The maximum Gasteiger partial charge on any atom is 0.247 e. The third-order valence-electron chi connectivity index (χ3n) is 2.81. The summed E-state index contributed by atoms with van der Waals surface area (Å²) in [5.41, 5.74) is 1.37. The second kappa shape index (κ2) is 4.75. The number of para-hydroxylation sites is 2. The summed E-state index contributed by atoms with van der Waals surface area (Å²) in [6.45, 7) is 1.87. The van der Waals surface area contributed by atoms with E-state index in [1.54, 1.807) is 6.07 Å². The third-order valence-corrected chi connectivity index (χ3v) is 3.03. The van der Waals surface area contributed by atoms with Crippen molar-refractivity contribution in [3.05, 3.63) is 24.3 Å². The van der Waals surface area contributed by atoms with Crippen LogP contribution in [-0.2, 0) is 9.59 Å². The molecule has 90 valence electrons. The molecule has 2 rings (SSSR count). The van der Waals surface area contributed by atoms with Gasteiger partial charge in [-0.3, -0.25) is 14.5 Å². The van der Waals surface area contributed by atoms with Crippen LogP contribution in [0.2, 0.25) is 0 Å². The van der Waals surface area contributed by atoms with Crippen molar-refractivity contribution in [2.75, 3.05) is 16.1 Å². The van der Waals surface area contributed by atoms with Crippen LogP contribution >= 0.6 is 11.6 Å². The van der Waals surface area contributed by atoms with Crippen LogP contribution in [-0.4, -0.2) is 23.7 Å². The number of anilines is 2. The van der Waals surface area contributed by atoms with Gasteiger partial charge in [-0.25, -0.2) is 0 Å². The molecule has 0 fully saturated rings. The molecule has 5 heteroatoms. The van der Waals surface area contributed by atoms with Crippen LogP contribution in [0.15, 0.2) is 24.3 Å². The van der Waals surface area contributed by atoms with E-state index >= 15 is 0 Å². The fourth-order valence-electron chi connectivity index (χ4n) is 2.03. The Morgan fingerprint density at radius 1 is 1.47 bits per heavy atom. The van der Waals surface area contributed by atoms with E-state index in [1.165, 1.54) is 4.90 Å². The number of benzene rings is 1. The summed E-state index contributed by atoms with van der Waals surface area (Å²) in [7, 11) is 0. The maximum atomic E-state index is 11.9. The van der Waals surface area contributed by atoms with Gasteiger partial charge in [0, 0.05) is 0 Å². The van der Waals surface area contributed by atoms with Crippen LogP contribution in [0.25, 0.3) is 0 Å². The van der Waals surface area contributed by atoms with E-state index in [2.05, 4.69) is 5.32 Å². The van der Waals surface area contributed by atoms with Gasteiger partial charge in [-0.15, -0.1) is 11.6 Å². The van der Waals surface area contributed by atoms with Gasteiger partial charge in [-0.05, 0) is 18.6 Å². The summed E-state index contributed by atoms with van der Waals surface area (Å²) >= 11 is 5.60. The molecule has 0 aliphatic carbocycles. The third kappa shape index (κ3) is 2.00. The monoisotopic (exact) mass is 252 g/mol. The molecule has 1 aliphatic heterocycles. The molecule has 0 bridgehead atoms. The average Bonchev–Trinajstić information content (AvgIpc) is 2.36. The molecule has 2 amide bonds. The number of alkyl halides is 1. The molecule has 0 radical (unpaired) electrons. The van der Waals surface area contributed by atoms with E-state index in [4.69, 9.17) is 11.6 Å². The predicted molar refractivity (Wildman–Crippen MR) is 67.4 cm³/mol. The van der Waals surface area contributed by atoms with Crippen molar-refractivity contribution in [3.63, 3.8) is 0 Å². The van der Waals surface area contributed by atoms with Crippen LogP contribution in [0, 0.1) is 0 Å². The van der Waals surface area contributed by atoms with E-state index < -0.39 is 6.04 Å². The first kappa shape index (κ1) is 11.9. The second-order valence-corrected chi connectivity index (χ2v) is 4.10. The molecule has 1 aromatic carbocycles. The molecular formula is C12H13ClN2O2. The van der Waals surface area contributed by atoms with Gasteiger partial charge in [-0.2, -0.15) is 0 Å². The zero-order valence-electron chi connectivity index (χ0n) is 9.44. The van der Waals surface area contributed by atoms with Crippen LogP contribution in [0.1, 0.15) is 13.3 Å². The Morgan fingerprint density at radius 3 is 2.82 bits per heavy atom. The first-order valence-electron chi connectivity index (χ1n) is 5.47. The van der Waals surface area contributed by atoms with Gasteiger partial charge in [0.2, 0.25) is 11.8 Å². The number of rotatable bonds is 2. The highest BCUT2D eigenvalue weighted by Gasteiger charge is 2.34. The summed E-state index contributed by atoms with van der Waals surface area (Å²) < 4.78 is 0. The molecule has 0 unspecified atom stereocenters. The smallest absolute Gasteiger partial charge is 0.247 e. The minimum Gasteiger partial charge on any atom is -0.322 e. The standard InChI is InChI=1S/C12H13ClN2O2/c1-2-9-12(17)14-8-5-3-4-6-10(8)15(9)11(16)7-13/h3-6,9H,2,7H2,1H3,(H,14,17)/t9-/m0/s1. The lowest BCUT2D eigenvalue weighted by Gasteiger charge is -2.35. The number of halogens is 1. The van der Waals surface area contributed by atoms with Gasteiger partial charge in [0.25, 0.3) is 0 Å². The minimum absolute atomic E-state index is 0.127. The van der Waals surface area contributed by atoms with Crippen molar-refractivity contribution in [3.8, 4) is 0 Å². The summed E-state index contributed by atoms with van der Waals surface area (Å²) in [6.07, 6.45) is 0.558. The number of nitrogens with one attached hydrogen (secondary N) is 1. The number of hydrogen-bond acceptors (Lipinski definition) is 2. The van der Waals surface area contributed by atoms with Gasteiger partial charge in [0.05, 0.1) is 11.4 Å². The predicted octanol–water partition coefficient (Wildman–Crippen LogP) is 1.99. The Balaban J connectivity index is 2.50. The largest absolute Gasteiger partial charge is 0.322 e. The Bertz CT molecular complexity index is 462. The highest BCUT2D eigenvalue weighted by Crippen LogP contribution is 2.32. The lowest BCUT2D eigenvalue weighted by atomic mass is 10.1. The van der Waals surface area contributed by atoms with E-state index in [0.29, 0.717) is 17.8 Å². The Labute approximate surface area is 105 Å². The summed E-state index contributed by atoms with van der Waals surface area (Å²) in [6, 6.07) is 6.75. The van der Waals surface area contributed by atoms with E-state index in [-0.39, 0.29) is 17.7 Å². The van der Waals surface area contributed by atoms with Crippen molar-refractivity contribution in [1.82, 2.24) is 0 Å². The summed E-state index contributed by atoms with van der Waals surface area (Å²) in [5, 5.41) is 2.79. The molecule has 0 spiro atoms. The van der Waals surface area contributed by atoms with Gasteiger partial charge in [-0.1, -0.05) is 19.1 Å². The summed E-state index contributed by atoms with van der Waals surface area (Å²) in [4.78, 5) is 25.2. The van der Waals surface area contributed by atoms with E-state index in [0.717, 1.165) is 0 Å². The van der Waals surface area contributed by atoms with Crippen LogP contribution < -0.4 is 10.2 Å². The molecule has 1 aliphatic rings. The normalized spacial score (nSPS) is 18.6. The van der Waals surface area contributed by atoms with E-state index in [1.807, 2.05) is 25.1 Å². The molecule has 1 N–H and O–H groups in total. The zero-order chi connectivity index (χ0) is 12.4. The molecular weight excluding hydrogens is 240 g/mol. The molecule has 4 nitrogen and oxygen atoms in total. The zero-order valence-corrected chi connectivity index (χ0v) is 10.2. The maximum absolute atomic E-state index is 11.9. The second-order valence-electron chi connectivity index (χ2n) is 3.83. The summed E-state index contributed by atoms with van der Waals surface area (Å²) in [5.74, 6) is -0.538. The Hall–Kier alpha value is -1.55. The highest BCUT2D eigenvalue weighted by molar-refractivity contribution is 6.30. The number of carbonyl (C=O) groups is 2. The lowest BCUT2D eigenvalue weighted by Crippen LogP contribution is -2.51. The first-order chi connectivity index (χ1) is 8.19. The molecule has 1 heterocycles. The van der Waals surface area contributed by atoms with Crippen molar-refractivity contribution in [2.24, 2.45) is 0 Å². The molecule has 1 atom stereocenters. The fourth-order valence-corrected chi connectivity index (χ4v) is 2.16. The van der Waals surface area contributed by atoms with Crippen LogP contribution in [0.4, 0.5) is 11.4 Å². The molecule has 0 saturated heterocycles. The fraction of sp³-hybridized carbons (Fsp3) is 0.333. The quantitative estimate of drug-likeness (QED) is 0.819. The number of fused-ring (bicyclic) bond motifs is 1. The molecule has 0 aromatic heterocycles. The minimum atomic E-state index is -0.476. The highest BCUT2D eigenvalue weighted by atomic mass is 35.5. The van der Waals surface area contributed by atoms with Crippen molar-refractivity contribution in [1.29, 1.82) is 0 Å². The topological polar surface area (TPSA) is 49.4 Å². The number of hydrogen-bond donors (Lipinski definition) is 1. The van der Waals surface area contributed by atoms with Crippen LogP contribution in [0.3, 0.4) is 0 Å². The van der Waals surface area contributed by atoms with E-state index in [9.17, 15) is 9.59 Å². The lowest BCUT2D eigenvalue weighted by molar-refractivity contribution is -0.122. The first-order valence-corrected chi connectivity index (χ1v) is 6.00. The Morgan fingerprint density at radius 2 is 2.18 bits per heavy atom. The van der Waals surface area contributed by atoms with Crippen molar-refractivity contribution in [2.45, 2.75) is 19.4 Å². The number of nitrogens with zero attached hydrogens (tertiary/aromatic N) is 1. The average molecular weight is 253 g/mol. The van der Waals surface area contributed by atoms with Gasteiger partial charge in [0.15, 0.2) is 0 Å². The SMILES string of the molecule is CC[C@H]1C(=O)Nc2ccccc2N1C(=O)CCl. The van der Waals surface area contributed by atoms with Crippen LogP contribution in [0.5, 0.6) is 0 Å². The van der Waals surface area contributed by atoms with Gasteiger partial charge in [0.1, 0.15) is 11.9 Å². The molecule has 17 heavy (non-hydrogen) atoms. The van der Waals surface area contributed by atoms with Gasteiger partial charge >= 0.3 is 0 Å². The molecule has 0 saturated carbocycles. The number of carbonyl (C=O) groups excluding carboxylic acids is 2. The Kier molecular flexibility index (Phi) is 3.33. The number of amides is 2. The van der Waals surface area contributed by atoms with Gasteiger partial charge < -0.3 is 5.32 Å².